The first-order valence-corrected chi connectivity index (χ1v) is 6.15. The Balaban J connectivity index is 2.24. The summed E-state index contributed by atoms with van der Waals surface area (Å²) in [5.74, 6) is 0.919. The third kappa shape index (κ3) is 3.11. The van der Waals surface area contributed by atoms with Gasteiger partial charge in [0, 0.05) is 10.7 Å². The fraction of sp³-hybridized carbons (Fsp3) is 0.0714. The first-order valence-electron chi connectivity index (χ1n) is 5.35. The fourth-order valence-electron chi connectivity index (χ4n) is 1.47. The van der Waals surface area contributed by atoms with E-state index in [1.54, 1.807) is 25.5 Å². The molecule has 3 nitrogen and oxygen atoms in total. The lowest BCUT2D eigenvalue weighted by Gasteiger charge is -2.01. The van der Waals surface area contributed by atoms with Crippen molar-refractivity contribution in [3.05, 3.63) is 52.5 Å². The molecule has 0 heterocycles. The Kier molecular flexibility index (Phi) is 3.99. The first kappa shape index (κ1) is 12.6. The average molecular weight is 306 g/mol. The highest BCUT2D eigenvalue weighted by Crippen LogP contribution is 2.29. The monoisotopic (exact) mass is 305 g/mol. The maximum atomic E-state index is 9.70. The predicted molar refractivity (Wildman–Crippen MR) is 76.1 cm³/mol. The smallest absolute Gasteiger partial charge is 0.142 e. The van der Waals surface area contributed by atoms with Gasteiger partial charge in [0.15, 0.2) is 0 Å². The van der Waals surface area contributed by atoms with E-state index in [0.29, 0.717) is 5.69 Å². The van der Waals surface area contributed by atoms with Crippen LogP contribution in [0.1, 0.15) is 5.56 Å². The Labute approximate surface area is 114 Å². The van der Waals surface area contributed by atoms with Crippen LogP contribution in [0, 0.1) is 0 Å². The second-order valence-electron chi connectivity index (χ2n) is 3.67. The number of halogens is 1. The molecular formula is C14H12BrNO2. The lowest BCUT2D eigenvalue weighted by Crippen LogP contribution is -1.85. The van der Waals surface area contributed by atoms with Crippen LogP contribution in [0.5, 0.6) is 11.5 Å². The first-order chi connectivity index (χ1) is 8.69. The van der Waals surface area contributed by atoms with E-state index in [2.05, 4.69) is 20.9 Å². The van der Waals surface area contributed by atoms with Crippen molar-refractivity contribution in [2.75, 3.05) is 7.11 Å². The number of rotatable bonds is 3. The summed E-state index contributed by atoms with van der Waals surface area (Å²) in [6, 6.07) is 12.7. The Morgan fingerprint density at radius 2 is 2.06 bits per heavy atom. The van der Waals surface area contributed by atoms with Gasteiger partial charge in [-0.1, -0.05) is 28.1 Å². The van der Waals surface area contributed by atoms with Crippen LogP contribution in [-0.4, -0.2) is 18.4 Å². The van der Waals surface area contributed by atoms with Crippen LogP contribution in [0.4, 0.5) is 5.69 Å². The van der Waals surface area contributed by atoms with Crippen LogP contribution in [0.15, 0.2) is 51.9 Å². The molecule has 0 amide bonds. The number of nitrogens with zero attached hydrogens (tertiary/aromatic N) is 1. The van der Waals surface area contributed by atoms with Gasteiger partial charge in [0.1, 0.15) is 17.2 Å². The van der Waals surface area contributed by atoms with Crippen molar-refractivity contribution in [3.63, 3.8) is 0 Å². The van der Waals surface area contributed by atoms with Crippen molar-refractivity contribution in [3.8, 4) is 11.5 Å². The predicted octanol–water partition coefficient (Wildman–Crippen LogP) is 3.91. The molecule has 92 valence electrons. The molecule has 4 heteroatoms. The Morgan fingerprint density at radius 1 is 1.22 bits per heavy atom. The molecule has 0 atom stereocenters. The normalized spacial score (nSPS) is 10.8. The van der Waals surface area contributed by atoms with Gasteiger partial charge in [0.05, 0.1) is 7.11 Å². The second kappa shape index (κ2) is 5.69. The molecule has 18 heavy (non-hydrogen) atoms. The molecule has 0 fully saturated rings. The van der Waals surface area contributed by atoms with Gasteiger partial charge in [-0.15, -0.1) is 0 Å². The number of benzene rings is 2. The Morgan fingerprint density at radius 3 is 2.78 bits per heavy atom. The van der Waals surface area contributed by atoms with Gasteiger partial charge in [0.2, 0.25) is 0 Å². The molecule has 0 unspecified atom stereocenters. The third-order valence-corrected chi connectivity index (χ3v) is 2.88. The summed E-state index contributed by atoms with van der Waals surface area (Å²) in [5.41, 5.74) is 1.44. The summed E-state index contributed by atoms with van der Waals surface area (Å²) in [6.45, 7) is 0. The van der Waals surface area contributed by atoms with Crippen LogP contribution < -0.4 is 4.74 Å². The van der Waals surface area contributed by atoms with Crippen molar-refractivity contribution < 1.29 is 9.84 Å². The number of phenolic OH excluding ortho intramolecular Hbond substituents is 1. The molecule has 2 rings (SSSR count). The van der Waals surface area contributed by atoms with Crippen molar-refractivity contribution in [2.45, 2.75) is 0 Å². The maximum Gasteiger partial charge on any atom is 0.142 e. The molecule has 0 saturated heterocycles. The molecule has 0 aromatic heterocycles. The molecular weight excluding hydrogens is 294 g/mol. The minimum absolute atomic E-state index is 0.142. The molecule has 0 aliphatic heterocycles. The Hall–Kier alpha value is -1.81. The summed E-state index contributed by atoms with van der Waals surface area (Å²) in [4.78, 5) is 4.24. The average Bonchev–Trinajstić information content (AvgIpc) is 2.38. The minimum Gasteiger partial charge on any atom is -0.506 e. The molecule has 0 saturated carbocycles. The quantitative estimate of drug-likeness (QED) is 0.873. The van der Waals surface area contributed by atoms with E-state index in [1.807, 2.05) is 30.3 Å². The molecule has 0 aliphatic carbocycles. The van der Waals surface area contributed by atoms with E-state index < -0.39 is 0 Å². The zero-order valence-electron chi connectivity index (χ0n) is 9.80. The maximum absolute atomic E-state index is 9.70. The number of ether oxygens (including phenoxy) is 1. The summed E-state index contributed by atoms with van der Waals surface area (Å²) in [5, 5.41) is 9.70. The second-order valence-corrected chi connectivity index (χ2v) is 4.58. The van der Waals surface area contributed by atoms with Crippen molar-refractivity contribution in [1.82, 2.24) is 0 Å². The lowest BCUT2D eigenvalue weighted by molar-refractivity contribution is 0.415. The summed E-state index contributed by atoms with van der Waals surface area (Å²) < 4.78 is 5.95. The van der Waals surface area contributed by atoms with Crippen LogP contribution in [0.2, 0.25) is 0 Å². The van der Waals surface area contributed by atoms with E-state index in [9.17, 15) is 5.11 Å². The zero-order chi connectivity index (χ0) is 13.0. The molecule has 0 bridgehead atoms. The molecule has 2 aromatic carbocycles. The van der Waals surface area contributed by atoms with E-state index in [-0.39, 0.29) is 5.75 Å². The van der Waals surface area contributed by atoms with Crippen LogP contribution in [0.25, 0.3) is 0 Å². The number of hydrogen-bond donors (Lipinski definition) is 1. The van der Waals surface area contributed by atoms with Gasteiger partial charge in [-0.25, -0.2) is 0 Å². The van der Waals surface area contributed by atoms with Crippen molar-refractivity contribution in [2.24, 2.45) is 4.99 Å². The molecule has 1 N–H and O–H groups in total. The van der Waals surface area contributed by atoms with Crippen molar-refractivity contribution in [1.29, 1.82) is 0 Å². The lowest BCUT2D eigenvalue weighted by atomic mass is 10.2. The summed E-state index contributed by atoms with van der Waals surface area (Å²) in [7, 11) is 1.62. The van der Waals surface area contributed by atoms with Crippen molar-refractivity contribution >= 4 is 27.8 Å². The topological polar surface area (TPSA) is 41.8 Å². The number of aromatic hydroxyl groups is 1. The highest BCUT2D eigenvalue weighted by atomic mass is 79.9. The van der Waals surface area contributed by atoms with Gasteiger partial charge in [-0.2, -0.15) is 0 Å². The van der Waals surface area contributed by atoms with E-state index >= 15 is 0 Å². The van der Waals surface area contributed by atoms with Gasteiger partial charge >= 0.3 is 0 Å². The zero-order valence-corrected chi connectivity index (χ0v) is 11.4. The fourth-order valence-corrected chi connectivity index (χ4v) is 1.82. The molecule has 0 spiro atoms. The van der Waals surface area contributed by atoms with Gasteiger partial charge in [-0.05, 0) is 35.9 Å². The third-order valence-electron chi connectivity index (χ3n) is 2.38. The van der Waals surface area contributed by atoms with Gasteiger partial charge in [-0.3, -0.25) is 4.99 Å². The summed E-state index contributed by atoms with van der Waals surface area (Å²) >= 11 is 3.28. The number of aliphatic imine (C=N–C) groups is 1. The number of methoxy groups -OCH3 is 1. The van der Waals surface area contributed by atoms with E-state index in [0.717, 1.165) is 15.8 Å². The number of phenols is 1. The number of hydrogen-bond acceptors (Lipinski definition) is 3. The van der Waals surface area contributed by atoms with Gasteiger partial charge in [0.25, 0.3) is 0 Å². The Bertz CT molecular complexity index is 582. The standard InChI is InChI=1S/C14H12BrNO2/c1-18-12-4-2-3-10(7-12)9-16-13-6-5-11(15)8-14(13)17/h2-9,17H,1H3. The summed E-state index contributed by atoms with van der Waals surface area (Å²) in [6.07, 6.45) is 1.69. The van der Waals surface area contributed by atoms with Crippen LogP contribution >= 0.6 is 15.9 Å². The largest absolute Gasteiger partial charge is 0.506 e. The SMILES string of the molecule is COc1cccc(C=Nc2ccc(Br)cc2O)c1. The molecule has 2 aromatic rings. The van der Waals surface area contributed by atoms with E-state index in [4.69, 9.17) is 4.74 Å². The minimum atomic E-state index is 0.142. The van der Waals surface area contributed by atoms with E-state index in [1.165, 1.54) is 0 Å². The molecule has 0 aliphatic rings. The highest BCUT2D eigenvalue weighted by Gasteiger charge is 1.99. The highest BCUT2D eigenvalue weighted by molar-refractivity contribution is 9.10. The van der Waals surface area contributed by atoms with Gasteiger partial charge < -0.3 is 9.84 Å². The molecule has 0 radical (unpaired) electrons. The van der Waals surface area contributed by atoms with Crippen LogP contribution in [0.3, 0.4) is 0 Å². The van der Waals surface area contributed by atoms with Crippen LogP contribution in [-0.2, 0) is 0 Å².